The number of hydrogen-bond donors (Lipinski definition) is 1. The molecular weight excluding hydrogens is 210 g/mol. The number of rotatable bonds is 4. The van der Waals surface area contributed by atoms with Gasteiger partial charge in [0.2, 0.25) is 0 Å². The van der Waals surface area contributed by atoms with Gasteiger partial charge < -0.3 is 0 Å². The number of benzene rings is 1. The summed E-state index contributed by atoms with van der Waals surface area (Å²) in [4.78, 5) is 0. The molecule has 0 fully saturated rings. The smallest absolute Gasteiger partial charge is 0.164 e. The van der Waals surface area contributed by atoms with Gasteiger partial charge in [-0.05, 0) is 19.4 Å². The summed E-state index contributed by atoms with van der Waals surface area (Å²) in [6, 6.07) is 5.05. The van der Waals surface area contributed by atoms with Crippen LogP contribution in [0.25, 0.3) is 0 Å². The lowest BCUT2D eigenvalue weighted by molar-refractivity contribution is 0.459. The average molecular weight is 224 g/mol. The fraction of sp³-hybridized carbons (Fsp3) is 0.417. The van der Waals surface area contributed by atoms with E-state index >= 15 is 0 Å². The fourth-order valence-corrected chi connectivity index (χ4v) is 1.34. The summed E-state index contributed by atoms with van der Waals surface area (Å²) < 4.78 is 26.4. The third-order valence-corrected chi connectivity index (χ3v) is 2.49. The first-order valence-corrected chi connectivity index (χ1v) is 5.19. The van der Waals surface area contributed by atoms with E-state index in [2.05, 4.69) is 5.32 Å². The zero-order chi connectivity index (χ0) is 12.1. The highest BCUT2D eigenvalue weighted by atomic mass is 19.2. The van der Waals surface area contributed by atoms with Gasteiger partial charge in [0.1, 0.15) is 6.04 Å². The number of nitrogens with one attached hydrogen (secondary N) is 1. The molecule has 0 amide bonds. The van der Waals surface area contributed by atoms with Gasteiger partial charge in [-0.2, -0.15) is 5.26 Å². The Kier molecular flexibility index (Phi) is 4.39. The number of halogens is 2. The maximum Gasteiger partial charge on any atom is 0.164 e. The summed E-state index contributed by atoms with van der Waals surface area (Å²) in [6.45, 7) is 3.84. The van der Waals surface area contributed by atoms with Crippen molar-refractivity contribution >= 4 is 0 Å². The van der Waals surface area contributed by atoms with Gasteiger partial charge in [-0.15, -0.1) is 0 Å². The van der Waals surface area contributed by atoms with Gasteiger partial charge in [-0.1, -0.05) is 19.1 Å². The van der Waals surface area contributed by atoms with Gasteiger partial charge in [0.05, 0.1) is 6.07 Å². The highest BCUT2D eigenvalue weighted by Crippen LogP contribution is 2.19. The third-order valence-electron chi connectivity index (χ3n) is 2.49. The molecule has 16 heavy (non-hydrogen) atoms. The molecule has 0 aromatic heterocycles. The number of hydrogen-bond acceptors (Lipinski definition) is 2. The van der Waals surface area contributed by atoms with Crippen LogP contribution in [0.3, 0.4) is 0 Å². The van der Waals surface area contributed by atoms with Crippen LogP contribution < -0.4 is 5.32 Å². The van der Waals surface area contributed by atoms with Gasteiger partial charge in [0, 0.05) is 11.6 Å². The van der Waals surface area contributed by atoms with Gasteiger partial charge in [0.25, 0.3) is 0 Å². The van der Waals surface area contributed by atoms with Crippen molar-refractivity contribution in [3.63, 3.8) is 0 Å². The summed E-state index contributed by atoms with van der Waals surface area (Å²) in [5.41, 5.74) is 0.0581. The van der Waals surface area contributed by atoms with Crippen LogP contribution in [0.2, 0.25) is 0 Å². The molecule has 0 aliphatic rings. The highest BCUT2D eigenvalue weighted by molar-refractivity contribution is 5.26. The molecule has 86 valence electrons. The van der Waals surface area contributed by atoms with E-state index in [1.807, 2.05) is 19.9 Å². The van der Waals surface area contributed by atoms with E-state index in [9.17, 15) is 8.78 Å². The Morgan fingerprint density at radius 2 is 2.12 bits per heavy atom. The first kappa shape index (κ1) is 12.6. The van der Waals surface area contributed by atoms with Crippen LogP contribution in [-0.4, -0.2) is 6.04 Å². The van der Waals surface area contributed by atoms with E-state index in [0.717, 1.165) is 12.5 Å². The van der Waals surface area contributed by atoms with E-state index in [4.69, 9.17) is 5.26 Å². The molecule has 1 aromatic carbocycles. The topological polar surface area (TPSA) is 35.8 Å². The molecule has 0 heterocycles. The normalized spacial score (nSPS) is 14.2. The second-order valence-electron chi connectivity index (χ2n) is 3.68. The minimum atomic E-state index is -0.954. The van der Waals surface area contributed by atoms with Crippen molar-refractivity contribution in [2.75, 3.05) is 0 Å². The minimum absolute atomic E-state index is 0.0581. The monoisotopic (exact) mass is 224 g/mol. The maximum absolute atomic E-state index is 13.4. The summed E-state index contributed by atoms with van der Waals surface area (Å²) in [6.07, 6.45) is 0.815. The van der Waals surface area contributed by atoms with E-state index in [-0.39, 0.29) is 11.6 Å². The molecule has 1 aromatic rings. The second-order valence-corrected chi connectivity index (χ2v) is 3.68. The molecule has 1 N–H and O–H groups in total. The van der Waals surface area contributed by atoms with Crippen molar-refractivity contribution < 1.29 is 8.78 Å². The largest absolute Gasteiger partial charge is 0.296 e. The lowest BCUT2D eigenvalue weighted by atomic mass is 10.1. The zero-order valence-corrected chi connectivity index (χ0v) is 9.30. The van der Waals surface area contributed by atoms with Crippen molar-refractivity contribution in [2.24, 2.45) is 0 Å². The molecule has 0 saturated heterocycles. The van der Waals surface area contributed by atoms with E-state index < -0.39 is 17.7 Å². The van der Waals surface area contributed by atoms with E-state index in [1.54, 1.807) is 0 Å². The maximum atomic E-state index is 13.4. The number of nitrogens with zero attached hydrogens (tertiary/aromatic N) is 1. The quantitative estimate of drug-likeness (QED) is 0.853. The first-order valence-electron chi connectivity index (χ1n) is 5.19. The van der Waals surface area contributed by atoms with Crippen molar-refractivity contribution in [3.8, 4) is 6.07 Å². The first-order chi connectivity index (χ1) is 7.60. The Hall–Kier alpha value is -1.47. The van der Waals surface area contributed by atoms with Crippen LogP contribution in [0.15, 0.2) is 18.2 Å². The van der Waals surface area contributed by atoms with E-state index in [1.165, 1.54) is 12.1 Å². The molecule has 2 atom stereocenters. The van der Waals surface area contributed by atoms with Crippen LogP contribution in [0.1, 0.15) is 31.9 Å². The Balaban J connectivity index is 2.96. The van der Waals surface area contributed by atoms with Gasteiger partial charge in [0.15, 0.2) is 11.6 Å². The van der Waals surface area contributed by atoms with Crippen molar-refractivity contribution in [2.45, 2.75) is 32.4 Å². The summed E-state index contributed by atoms with van der Waals surface area (Å²) in [5, 5.41) is 11.9. The van der Waals surface area contributed by atoms with Crippen molar-refractivity contribution in [3.05, 3.63) is 35.4 Å². The van der Waals surface area contributed by atoms with Crippen molar-refractivity contribution in [1.29, 1.82) is 5.26 Å². The number of nitriles is 1. The van der Waals surface area contributed by atoms with Gasteiger partial charge in [-0.25, -0.2) is 8.78 Å². The highest BCUT2D eigenvalue weighted by Gasteiger charge is 2.18. The summed E-state index contributed by atoms with van der Waals surface area (Å²) >= 11 is 0. The molecule has 4 heteroatoms. The summed E-state index contributed by atoms with van der Waals surface area (Å²) in [7, 11) is 0. The predicted octanol–water partition coefficient (Wildman–Crippen LogP) is 2.92. The van der Waals surface area contributed by atoms with Crippen LogP contribution in [0, 0.1) is 23.0 Å². The molecule has 0 bridgehead atoms. The van der Waals surface area contributed by atoms with Crippen LogP contribution in [0.4, 0.5) is 8.78 Å². The minimum Gasteiger partial charge on any atom is -0.296 e. The van der Waals surface area contributed by atoms with Gasteiger partial charge >= 0.3 is 0 Å². The Bertz CT molecular complexity index is 398. The molecule has 0 saturated carbocycles. The van der Waals surface area contributed by atoms with E-state index in [0.29, 0.717) is 0 Å². The second kappa shape index (κ2) is 5.57. The van der Waals surface area contributed by atoms with Crippen LogP contribution >= 0.6 is 0 Å². The molecule has 2 unspecified atom stereocenters. The summed E-state index contributed by atoms with van der Waals surface area (Å²) in [5.74, 6) is -1.88. The lowest BCUT2D eigenvalue weighted by Crippen LogP contribution is -2.29. The Morgan fingerprint density at radius 3 is 2.69 bits per heavy atom. The van der Waals surface area contributed by atoms with Crippen LogP contribution in [0.5, 0.6) is 0 Å². The van der Waals surface area contributed by atoms with Crippen LogP contribution in [-0.2, 0) is 0 Å². The average Bonchev–Trinajstić information content (AvgIpc) is 2.29. The molecule has 0 aliphatic heterocycles. The Morgan fingerprint density at radius 1 is 1.44 bits per heavy atom. The molecular formula is C12H14F2N2. The van der Waals surface area contributed by atoms with Gasteiger partial charge in [-0.3, -0.25) is 5.32 Å². The molecule has 2 nitrogen and oxygen atoms in total. The third kappa shape index (κ3) is 2.77. The predicted molar refractivity (Wildman–Crippen MR) is 57.6 cm³/mol. The Labute approximate surface area is 93.9 Å². The molecule has 0 spiro atoms. The molecule has 1 rings (SSSR count). The zero-order valence-electron chi connectivity index (χ0n) is 9.30. The standard InChI is InChI=1S/C12H14F2N2/c1-3-8(2)16-11(7-15)9-5-4-6-10(13)12(9)14/h4-6,8,11,16H,3H2,1-2H3. The lowest BCUT2D eigenvalue weighted by Gasteiger charge is -2.17. The molecule has 0 radical (unpaired) electrons. The molecule has 0 aliphatic carbocycles. The van der Waals surface area contributed by atoms with Crippen molar-refractivity contribution in [1.82, 2.24) is 5.32 Å². The SMILES string of the molecule is CCC(C)NC(C#N)c1cccc(F)c1F. The fourth-order valence-electron chi connectivity index (χ4n) is 1.34.